The minimum absolute atomic E-state index is 0.00162. The van der Waals surface area contributed by atoms with Gasteiger partial charge in [0.05, 0.1) is 23.2 Å². The van der Waals surface area contributed by atoms with Gasteiger partial charge < -0.3 is 4.90 Å². The molecule has 5 nitrogen and oxygen atoms in total. The fourth-order valence-electron chi connectivity index (χ4n) is 2.88. The molecule has 0 radical (unpaired) electrons. The van der Waals surface area contributed by atoms with Crippen LogP contribution in [0.2, 0.25) is 0 Å². The highest BCUT2D eigenvalue weighted by molar-refractivity contribution is 7.92. The first-order chi connectivity index (χ1) is 8.49. The fourth-order valence-corrected chi connectivity index (χ4v) is 4.69. The second-order valence-corrected chi connectivity index (χ2v) is 7.57. The van der Waals surface area contributed by atoms with Crippen LogP contribution in [0, 0.1) is 0 Å². The SMILES string of the molecule is CCC1NC(CC)N(CC2CCCS2(=O)=O)C1=O. The Balaban J connectivity index is 2.10. The quantitative estimate of drug-likeness (QED) is 0.811. The lowest BCUT2D eigenvalue weighted by molar-refractivity contribution is -0.130. The van der Waals surface area contributed by atoms with E-state index in [1.807, 2.05) is 13.8 Å². The van der Waals surface area contributed by atoms with Crippen LogP contribution >= 0.6 is 0 Å². The molecule has 2 saturated heterocycles. The van der Waals surface area contributed by atoms with Gasteiger partial charge in [0, 0.05) is 6.54 Å². The molecule has 6 heteroatoms. The summed E-state index contributed by atoms with van der Waals surface area (Å²) >= 11 is 0. The Morgan fingerprint density at radius 3 is 2.56 bits per heavy atom. The normalized spacial score (nSPS) is 35.3. The molecule has 2 aliphatic rings. The number of nitrogens with one attached hydrogen (secondary N) is 1. The smallest absolute Gasteiger partial charge is 0.241 e. The van der Waals surface area contributed by atoms with Gasteiger partial charge in [-0.05, 0) is 25.7 Å². The highest BCUT2D eigenvalue weighted by Gasteiger charge is 2.41. The van der Waals surface area contributed by atoms with E-state index in [1.54, 1.807) is 4.90 Å². The summed E-state index contributed by atoms with van der Waals surface area (Å²) in [6.45, 7) is 4.35. The van der Waals surface area contributed by atoms with E-state index in [9.17, 15) is 13.2 Å². The summed E-state index contributed by atoms with van der Waals surface area (Å²) < 4.78 is 23.7. The summed E-state index contributed by atoms with van der Waals surface area (Å²) in [4.78, 5) is 13.9. The molecule has 2 heterocycles. The van der Waals surface area contributed by atoms with Crippen LogP contribution in [0.15, 0.2) is 0 Å². The summed E-state index contributed by atoms with van der Waals surface area (Å²) in [7, 11) is -2.98. The number of rotatable bonds is 4. The van der Waals surface area contributed by atoms with Gasteiger partial charge in [-0.2, -0.15) is 0 Å². The second kappa shape index (κ2) is 5.17. The molecule has 1 amide bonds. The van der Waals surface area contributed by atoms with Crippen LogP contribution in [0.25, 0.3) is 0 Å². The van der Waals surface area contributed by atoms with E-state index in [1.165, 1.54) is 0 Å². The summed E-state index contributed by atoms with van der Waals surface area (Å²) in [5.74, 6) is 0.340. The molecular weight excluding hydrogens is 252 g/mol. The van der Waals surface area contributed by atoms with E-state index in [0.717, 1.165) is 19.3 Å². The predicted molar refractivity (Wildman–Crippen MR) is 69.8 cm³/mol. The van der Waals surface area contributed by atoms with Crippen LogP contribution in [-0.4, -0.2) is 49.0 Å². The van der Waals surface area contributed by atoms with Crippen LogP contribution in [0.4, 0.5) is 0 Å². The Bertz CT molecular complexity index is 421. The molecule has 0 aromatic rings. The summed E-state index contributed by atoms with van der Waals surface area (Å²) in [5, 5.41) is 2.92. The average molecular weight is 274 g/mol. The number of amides is 1. The molecule has 0 spiro atoms. The van der Waals surface area contributed by atoms with Crippen molar-refractivity contribution in [3.05, 3.63) is 0 Å². The van der Waals surface area contributed by atoms with Gasteiger partial charge >= 0.3 is 0 Å². The van der Waals surface area contributed by atoms with Crippen molar-refractivity contribution in [3.63, 3.8) is 0 Å². The van der Waals surface area contributed by atoms with Crippen molar-refractivity contribution in [1.29, 1.82) is 0 Å². The molecule has 2 aliphatic heterocycles. The molecule has 3 unspecified atom stereocenters. The lowest BCUT2D eigenvalue weighted by atomic mass is 10.2. The predicted octanol–water partition coefficient (Wildman–Crippen LogP) is 0.510. The van der Waals surface area contributed by atoms with Gasteiger partial charge in [-0.25, -0.2) is 8.42 Å². The highest BCUT2D eigenvalue weighted by Crippen LogP contribution is 2.24. The molecule has 0 bridgehead atoms. The van der Waals surface area contributed by atoms with Crippen LogP contribution in [0.1, 0.15) is 39.5 Å². The van der Waals surface area contributed by atoms with E-state index in [4.69, 9.17) is 0 Å². The number of carbonyl (C=O) groups is 1. The van der Waals surface area contributed by atoms with Crippen molar-refractivity contribution in [1.82, 2.24) is 10.2 Å². The van der Waals surface area contributed by atoms with Crippen molar-refractivity contribution in [2.75, 3.05) is 12.3 Å². The van der Waals surface area contributed by atoms with Crippen LogP contribution in [0.5, 0.6) is 0 Å². The van der Waals surface area contributed by atoms with Gasteiger partial charge in [0.2, 0.25) is 5.91 Å². The van der Waals surface area contributed by atoms with Crippen LogP contribution in [-0.2, 0) is 14.6 Å². The Labute approximate surface area is 109 Å². The summed E-state index contributed by atoms with van der Waals surface area (Å²) in [6, 6.07) is -0.140. The topological polar surface area (TPSA) is 66.5 Å². The second-order valence-electron chi connectivity index (χ2n) is 5.17. The monoisotopic (exact) mass is 274 g/mol. The number of sulfone groups is 1. The van der Waals surface area contributed by atoms with Gasteiger partial charge in [0.15, 0.2) is 9.84 Å². The molecule has 0 aromatic carbocycles. The molecule has 2 rings (SSSR count). The van der Waals surface area contributed by atoms with E-state index >= 15 is 0 Å². The zero-order valence-electron chi connectivity index (χ0n) is 11.1. The number of hydrogen-bond acceptors (Lipinski definition) is 4. The maximum Gasteiger partial charge on any atom is 0.241 e. The zero-order valence-corrected chi connectivity index (χ0v) is 11.9. The number of hydrogen-bond donors (Lipinski definition) is 1. The van der Waals surface area contributed by atoms with Gasteiger partial charge in [-0.15, -0.1) is 0 Å². The third-order valence-electron chi connectivity index (χ3n) is 4.01. The fraction of sp³-hybridized carbons (Fsp3) is 0.917. The van der Waals surface area contributed by atoms with Crippen molar-refractivity contribution in [2.24, 2.45) is 0 Å². The van der Waals surface area contributed by atoms with Crippen molar-refractivity contribution in [3.8, 4) is 0 Å². The minimum Gasteiger partial charge on any atom is -0.325 e. The molecule has 3 atom stereocenters. The number of carbonyl (C=O) groups excluding carboxylic acids is 1. The molecular formula is C12H22N2O3S. The first kappa shape index (κ1) is 13.8. The van der Waals surface area contributed by atoms with Crippen LogP contribution in [0.3, 0.4) is 0 Å². The molecule has 0 saturated carbocycles. The van der Waals surface area contributed by atoms with Gasteiger partial charge in [0.25, 0.3) is 0 Å². The lowest BCUT2D eigenvalue weighted by Crippen LogP contribution is -2.42. The lowest BCUT2D eigenvalue weighted by Gasteiger charge is -2.25. The van der Waals surface area contributed by atoms with Gasteiger partial charge in [-0.1, -0.05) is 13.8 Å². The standard InChI is InChI=1S/C12H22N2O3S/c1-3-10-12(15)14(11(4-2)13-10)8-9-6-5-7-18(9,16)17/h9-11,13H,3-8H2,1-2H3. The Morgan fingerprint density at radius 1 is 1.33 bits per heavy atom. The zero-order chi connectivity index (χ0) is 13.3. The van der Waals surface area contributed by atoms with E-state index < -0.39 is 9.84 Å². The first-order valence-corrected chi connectivity index (χ1v) is 8.49. The van der Waals surface area contributed by atoms with Crippen LogP contribution < -0.4 is 5.32 Å². The van der Waals surface area contributed by atoms with Crippen molar-refractivity contribution >= 4 is 15.7 Å². The average Bonchev–Trinajstić information content (AvgIpc) is 2.82. The summed E-state index contributed by atoms with van der Waals surface area (Å²) in [6.07, 6.45) is 2.99. The Kier molecular flexibility index (Phi) is 3.96. The molecule has 1 N–H and O–H groups in total. The Morgan fingerprint density at radius 2 is 2.06 bits per heavy atom. The van der Waals surface area contributed by atoms with E-state index in [0.29, 0.717) is 13.0 Å². The largest absolute Gasteiger partial charge is 0.325 e. The molecule has 104 valence electrons. The molecule has 0 aromatic heterocycles. The molecule has 0 aliphatic carbocycles. The molecule has 18 heavy (non-hydrogen) atoms. The number of nitrogens with zero attached hydrogens (tertiary/aromatic N) is 1. The van der Waals surface area contributed by atoms with Gasteiger partial charge in [-0.3, -0.25) is 10.1 Å². The Hall–Kier alpha value is -0.620. The maximum absolute atomic E-state index is 12.2. The minimum atomic E-state index is -2.98. The third kappa shape index (κ3) is 2.40. The van der Waals surface area contributed by atoms with E-state index in [-0.39, 0.29) is 29.1 Å². The third-order valence-corrected chi connectivity index (χ3v) is 6.27. The highest BCUT2D eigenvalue weighted by atomic mass is 32.2. The summed E-state index contributed by atoms with van der Waals surface area (Å²) in [5.41, 5.74) is 0. The molecule has 2 fully saturated rings. The van der Waals surface area contributed by atoms with Gasteiger partial charge in [0.1, 0.15) is 0 Å². The van der Waals surface area contributed by atoms with E-state index in [2.05, 4.69) is 5.32 Å². The maximum atomic E-state index is 12.2. The van der Waals surface area contributed by atoms with Crippen molar-refractivity contribution in [2.45, 2.75) is 57.0 Å². The van der Waals surface area contributed by atoms with Crippen molar-refractivity contribution < 1.29 is 13.2 Å². The first-order valence-electron chi connectivity index (χ1n) is 6.77.